The van der Waals surface area contributed by atoms with Gasteiger partial charge in [-0.15, -0.1) is 0 Å². The minimum Gasteiger partial charge on any atom is -0.462 e. The molecule has 0 aliphatic heterocycles. The maximum absolute atomic E-state index is 11.1. The fourth-order valence-electron chi connectivity index (χ4n) is 1.80. The van der Waals surface area contributed by atoms with Crippen molar-refractivity contribution < 1.29 is 9.53 Å². The normalized spacial score (nSPS) is 10.8. The van der Waals surface area contributed by atoms with Crippen LogP contribution in [0.2, 0.25) is 0 Å². The summed E-state index contributed by atoms with van der Waals surface area (Å²) in [7, 11) is 0. The van der Waals surface area contributed by atoms with Crippen molar-refractivity contribution in [3.8, 4) is 0 Å². The molecule has 0 N–H and O–H groups in total. The molecule has 0 saturated carbocycles. The quantitative estimate of drug-likeness (QED) is 0.210. The first-order chi connectivity index (χ1) is 9.18. The predicted molar refractivity (Wildman–Crippen MR) is 82.1 cm³/mol. The number of ether oxygens (including phenoxy) is 1. The van der Waals surface area contributed by atoms with Crippen LogP contribution in [0.1, 0.15) is 71.6 Å². The lowest BCUT2D eigenvalue weighted by Crippen LogP contribution is -2.05. The van der Waals surface area contributed by atoms with Crippen LogP contribution in [0.25, 0.3) is 0 Å². The van der Waals surface area contributed by atoms with Gasteiger partial charge in [0.15, 0.2) is 0 Å². The van der Waals surface area contributed by atoms with Crippen molar-refractivity contribution in [2.24, 2.45) is 0 Å². The van der Waals surface area contributed by atoms with Gasteiger partial charge in [0.1, 0.15) is 0 Å². The van der Waals surface area contributed by atoms with Crippen molar-refractivity contribution in [1.82, 2.24) is 0 Å². The Hall–Kier alpha value is -1.05. The molecule has 0 fully saturated rings. The van der Waals surface area contributed by atoms with Crippen molar-refractivity contribution in [3.05, 3.63) is 24.3 Å². The van der Waals surface area contributed by atoms with Gasteiger partial charge in [0, 0.05) is 5.57 Å². The number of carbonyl (C=O) groups excluding carboxylic acids is 1. The van der Waals surface area contributed by atoms with Crippen LogP contribution in [-0.2, 0) is 9.53 Å². The molecule has 0 spiro atoms. The average molecular weight is 266 g/mol. The van der Waals surface area contributed by atoms with Crippen LogP contribution in [0.5, 0.6) is 0 Å². The fraction of sp³-hybridized carbons (Fsp3) is 0.706. The topological polar surface area (TPSA) is 26.3 Å². The van der Waals surface area contributed by atoms with Crippen molar-refractivity contribution in [2.45, 2.75) is 71.6 Å². The molecule has 0 saturated heterocycles. The standard InChI is InChI=1S/C17H30O2/c1-4-5-6-7-8-9-10-11-12-13-14-15-19-17(18)16(2)3/h12-13H,2,4-11,14-15H2,1,3H3/b13-12+. The van der Waals surface area contributed by atoms with Crippen LogP contribution in [0.4, 0.5) is 0 Å². The van der Waals surface area contributed by atoms with Gasteiger partial charge in [-0.05, 0) is 26.2 Å². The summed E-state index contributed by atoms with van der Waals surface area (Å²) in [5, 5.41) is 0. The lowest BCUT2D eigenvalue weighted by molar-refractivity contribution is -0.138. The zero-order valence-electron chi connectivity index (χ0n) is 12.7. The first-order valence-corrected chi connectivity index (χ1v) is 7.66. The van der Waals surface area contributed by atoms with Gasteiger partial charge in [0.05, 0.1) is 6.61 Å². The summed E-state index contributed by atoms with van der Waals surface area (Å²) >= 11 is 0. The Morgan fingerprint density at radius 1 is 1.00 bits per heavy atom. The minimum atomic E-state index is -0.291. The van der Waals surface area contributed by atoms with Gasteiger partial charge < -0.3 is 4.74 Å². The van der Waals surface area contributed by atoms with Gasteiger partial charge in [-0.25, -0.2) is 4.79 Å². The Labute approximate surface area is 118 Å². The Bertz CT molecular complexity index is 266. The van der Waals surface area contributed by atoms with E-state index >= 15 is 0 Å². The Kier molecular flexibility index (Phi) is 12.6. The molecule has 0 unspecified atom stereocenters. The van der Waals surface area contributed by atoms with E-state index in [4.69, 9.17) is 4.74 Å². The van der Waals surface area contributed by atoms with E-state index in [0.717, 1.165) is 12.8 Å². The second kappa shape index (κ2) is 13.4. The third-order valence-electron chi connectivity index (χ3n) is 3.01. The molecular weight excluding hydrogens is 236 g/mol. The summed E-state index contributed by atoms with van der Waals surface area (Å²) in [5.41, 5.74) is 0.465. The maximum Gasteiger partial charge on any atom is 0.333 e. The number of rotatable bonds is 12. The van der Waals surface area contributed by atoms with E-state index in [1.165, 1.54) is 44.9 Å². The number of esters is 1. The minimum absolute atomic E-state index is 0.291. The van der Waals surface area contributed by atoms with E-state index in [0.29, 0.717) is 12.2 Å². The largest absolute Gasteiger partial charge is 0.462 e. The van der Waals surface area contributed by atoms with Gasteiger partial charge in [0.25, 0.3) is 0 Å². The zero-order valence-corrected chi connectivity index (χ0v) is 12.7. The zero-order chi connectivity index (χ0) is 14.3. The Morgan fingerprint density at radius 3 is 2.21 bits per heavy atom. The molecule has 2 nitrogen and oxygen atoms in total. The van der Waals surface area contributed by atoms with Crippen LogP contribution in [0, 0.1) is 0 Å². The Morgan fingerprint density at radius 2 is 1.58 bits per heavy atom. The molecule has 110 valence electrons. The second-order valence-electron chi connectivity index (χ2n) is 5.09. The second-order valence-corrected chi connectivity index (χ2v) is 5.09. The summed E-state index contributed by atoms with van der Waals surface area (Å²) in [6, 6.07) is 0. The highest BCUT2D eigenvalue weighted by molar-refractivity contribution is 5.86. The van der Waals surface area contributed by atoms with E-state index in [1.807, 2.05) is 0 Å². The maximum atomic E-state index is 11.1. The third kappa shape index (κ3) is 13.2. The highest BCUT2D eigenvalue weighted by Crippen LogP contribution is 2.08. The van der Waals surface area contributed by atoms with Crippen molar-refractivity contribution in [1.29, 1.82) is 0 Å². The first kappa shape index (κ1) is 17.9. The molecule has 0 atom stereocenters. The monoisotopic (exact) mass is 266 g/mol. The van der Waals surface area contributed by atoms with Crippen LogP contribution in [0.15, 0.2) is 24.3 Å². The number of hydrogen-bond donors (Lipinski definition) is 0. The van der Waals surface area contributed by atoms with Crippen molar-refractivity contribution in [3.63, 3.8) is 0 Å². The summed E-state index contributed by atoms with van der Waals surface area (Å²) in [4.78, 5) is 11.1. The summed E-state index contributed by atoms with van der Waals surface area (Å²) < 4.78 is 5.00. The van der Waals surface area contributed by atoms with Crippen LogP contribution < -0.4 is 0 Å². The lowest BCUT2D eigenvalue weighted by atomic mass is 10.1. The molecular formula is C17H30O2. The van der Waals surface area contributed by atoms with Gasteiger partial charge in [-0.3, -0.25) is 0 Å². The van der Waals surface area contributed by atoms with Gasteiger partial charge in [-0.2, -0.15) is 0 Å². The van der Waals surface area contributed by atoms with E-state index in [-0.39, 0.29) is 5.97 Å². The molecule has 0 radical (unpaired) electrons. The molecule has 19 heavy (non-hydrogen) atoms. The highest BCUT2D eigenvalue weighted by atomic mass is 16.5. The SMILES string of the molecule is C=C(C)C(=O)OCC/C=C/CCCCCCCCC. The molecule has 0 amide bonds. The van der Waals surface area contributed by atoms with Gasteiger partial charge >= 0.3 is 5.97 Å². The molecule has 0 aliphatic carbocycles. The average Bonchev–Trinajstić information content (AvgIpc) is 2.39. The van der Waals surface area contributed by atoms with E-state index in [9.17, 15) is 4.79 Å². The van der Waals surface area contributed by atoms with Crippen molar-refractivity contribution in [2.75, 3.05) is 6.61 Å². The van der Waals surface area contributed by atoms with E-state index in [1.54, 1.807) is 6.92 Å². The van der Waals surface area contributed by atoms with Crippen LogP contribution >= 0.6 is 0 Å². The number of hydrogen-bond acceptors (Lipinski definition) is 2. The Balaban J connectivity index is 3.22. The van der Waals surface area contributed by atoms with Crippen LogP contribution in [0.3, 0.4) is 0 Å². The molecule has 2 heteroatoms. The summed E-state index contributed by atoms with van der Waals surface area (Å²) in [5.74, 6) is -0.291. The molecule has 0 heterocycles. The van der Waals surface area contributed by atoms with Gasteiger partial charge in [0.2, 0.25) is 0 Å². The summed E-state index contributed by atoms with van der Waals surface area (Å²) in [6.45, 7) is 7.91. The first-order valence-electron chi connectivity index (χ1n) is 7.66. The molecule has 0 rings (SSSR count). The third-order valence-corrected chi connectivity index (χ3v) is 3.01. The van der Waals surface area contributed by atoms with Crippen molar-refractivity contribution >= 4 is 5.97 Å². The van der Waals surface area contributed by atoms with Gasteiger partial charge in [-0.1, -0.05) is 64.2 Å². The van der Waals surface area contributed by atoms with E-state index in [2.05, 4.69) is 25.7 Å². The molecule has 0 aromatic rings. The highest BCUT2D eigenvalue weighted by Gasteiger charge is 2.00. The van der Waals surface area contributed by atoms with Crippen LogP contribution in [-0.4, -0.2) is 12.6 Å². The smallest absolute Gasteiger partial charge is 0.333 e. The number of unbranched alkanes of at least 4 members (excludes halogenated alkanes) is 7. The molecule has 0 aromatic carbocycles. The lowest BCUT2D eigenvalue weighted by Gasteiger charge is -2.01. The fourth-order valence-corrected chi connectivity index (χ4v) is 1.80. The van der Waals surface area contributed by atoms with E-state index < -0.39 is 0 Å². The predicted octanol–water partition coefficient (Wildman–Crippen LogP) is 5.19. The molecule has 0 aliphatic rings. The number of carbonyl (C=O) groups is 1. The molecule has 0 aromatic heterocycles. The number of allylic oxidation sites excluding steroid dienone is 1. The molecule has 0 bridgehead atoms. The summed E-state index contributed by atoms with van der Waals surface area (Å²) in [6.07, 6.45) is 15.7.